The highest BCUT2D eigenvalue weighted by molar-refractivity contribution is 6.18. The van der Waals surface area contributed by atoms with E-state index in [4.69, 9.17) is 0 Å². The number of nitrogens with zero attached hydrogens (tertiary/aromatic N) is 2. The van der Waals surface area contributed by atoms with Gasteiger partial charge in [-0.2, -0.15) is 0 Å². The molecule has 0 fully saturated rings. The Morgan fingerprint density at radius 3 is 1.29 bits per heavy atom. The zero-order valence-electron chi connectivity index (χ0n) is 23.3. The maximum absolute atomic E-state index is 4.35. The Morgan fingerprint density at radius 2 is 0.886 bits per heavy atom. The summed E-state index contributed by atoms with van der Waals surface area (Å²) in [7, 11) is 0. The zero-order chi connectivity index (χ0) is 24.8. The molecule has 0 saturated heterocycles. The van der Waals surface area contributed by atoms with E-state index < -0.39 is 0 Å². The molecule has 0 aromatic heterocycles. The van der Waals surface area contributed by atoms with Crippen LogP contribution in [0.25, 0.3) is 0 Å². The molecule has 2 heteroatoms. The topological polar surface area (TPSA) is 24.7 Å². The van der Waals surface area contributed by atoms with E-state index in [0.717, 1.165) is 11.7 Å². The molecule has 1 aliphatic rings. The van der Waals surface area contributed by atoms with E-state index in [9.17, 15) is 0 Å². The van der Waals surface area contributed by atoms with Gasteiger partial charge in [0, 0.05) is 12.1 Å². The van der Waals surface area contributed by atoms with E-state index in [1.807, 2.05) is 0 Å². The second kappa shape index (κ2) is 20.6. The number of hydrogen-bond acceptors (Lipinski definition) is 2. The third-order valence-electron chi connectivity index (χ3n) is 7.66. The zero-order valence-corrected chi connectivity index (χ0v) is 23.3. The summed E-state index contributed by atoms with van der Waals surface area (Å²) in [5.74, 6) is 0.712. The van der Waals surface area contributed by atoms with Crippen LogP contribution in [0.2, 0.25) is 0 Å². The summed E-state index contributed by atoms with van der Waals surface area (Å²) < 4.78 is 0. The van der Waals surface area contributed by atoms with Crippen molar-refractivity contribution in [1.29, 1.82) is 0 Å². The van der Waals surface area contributed by atoms with E-state index in [1.165, 1.54) is 140 Å². The van der Waals surface area contributed by atoms with Crippen LogP contribution >= 0.6 is 0 Å². The minimum atomic E-state index is 0.712. The molecule has 0 aliphatic carbocycles. The van der Waals surface area contributed by atoms with Gasteiger partial charge in [0.15, 0.2) is 0 Å². The Morgan fingerprint density at radius 1 is 0.514 bits per heavy atom. The van der Waals surface area contributed by atoms with Crippen LogP contribution < -0.4 is 0 Å². The quantitative estimate of drug-likeness (QED) is 0.110. The Balaban J connectivity index is 1.63. The van der Waals surface area contributed by atoms with Crippen molar-refractivity contribution in [2.24, 2.45) is 9.98 Å². The van der Waals surface area contributed by atoms with Gasteiger partial charge in [-0.3, -0.25) is 0 Å². The molecule has 2 rings (SSSR count). The molecule has 1 aliphatic heterocycles. The molecular formula is C33H55N2+. The standard InChI is InChI=1S/C33H55N2/c1-3-5-7-9-11-12-13-14-15-16-17-19-21-23-30(22-20-18-10-8-6-4-2)31-24-26-32(27-25-31)33-34-28-29-35-33/h24-30H,3-23H2,1-2H3/q+1. The Bertz CT molecular complexity index is 648. The van der Waals surface area contributed by atoms with E-state index in [1.54, 1.807) is 12.4 Å². The largest absolute Gasteiger partial charge is 0.243 e. The van der Waals surface area contributed by atoms with Gasteiger partial charge in [0.1, 0.15) is 18.0 Å². The van der Waals surface area contributed by atoms with Crippen molar-refractivity contribution < 1.29 is 0 Å². The molecule has 2 nitrogen and oxygen atoms in total. The lowest BCUT2D eigenvalue weighted by Crippen LogP contribution is -2.01. The minimum absolute atomic E-state index is 0.712. The number of hydrogen-bond donors (Lipinski definition) is 0. The summed E-state index contributed by atoms with van der Waals surface area (Å²) in [5.41, 5.74) is 2.66. The maximum Gasteiger partial charge on any atom is 0.243 e. The van der Waals surface area contributed by atoms with Crippen LogP contribution in [-0.4, -0.2) is 12.4 Å². The first-order chi connectivity index (χ1) is 17.3. The fourth-order valence-electron chi connectivity index (χ4n) is 5.35. The van der Waals surface area contributed by atoms with Crippen LogP contribution in [-0.2, 0) is 0 Å². The highest BCUT2D eigenvalue weighted by Gasteiger charge is 2.19. The van der Waals surface area contributed by atoms with Gasteiger partial charge in [-0.1, -0.05) is 136 Å². The smallest absolute Gasteiger partial charge is 0.147 e. The fourth-order valence-corrected chi connectivity index (χ4v) is 5.35. The van der Waals surface area contributed by atoms with Gasteiger partial charge >= 0.3 is 0 Å². The molecule has 1 atom stereocenters. The Hall–Kier alpha value is -1.57. The lowest BCUT2D eigenvalue weighted by Gasteiger charge is -2.17. The van der Waals surface area contributed by atoms with Crippen LogP contribution in [0.5, 0.6) is 0 Å². The first kappa shape index (κ1) is 29.7. The second-order valence-corrected chi connectivity index (χ2v) is 10.8. The van der Waals surface area contributed by atoms with Crippen LogP contribution in [0, 0.1) is 6.17 Å². The molecule has 0 saturated carbocycles. The van der Waals surface area contributed by atoms with Crippen molar-refractivity contribution in [3.8, 4) is 0 Å². The van der Waals surface area contributed by atoms with Gasteiger partial charge in [0.05, 0.1) is 0 Å². The van der Waals surface area contributed by atoms with Gasteiger partial charge in [-0.25, -0.2) is 0 Å². The normalized spacial score (nSPS) is 13.7. The van der Waals surface area contributed by atoms with Crippen molar-refractivity contribution in [2.45, 2.75) is 155 Å². The molecule has 1 aromatic rings. The van der Waals surface area contributed by atoms with E-state index in [2.05, 4.69) is 48.1 Å². The monoisotopic (exact) mass is 479 g/mol. The average molecular weight is 480 g/mol. The van der Waals surface area contributed by atoms with Gasteiger partial charge in [0.2, 0.25) is 6.17 Å². The third-order valence-corrected chi connectivity index (χ3v) is 7.66. The molecule has 35 heavy (non-hydrogen) atoms. The lowest BCUT2D eigenvalue weighted by atomic mass is 9.87. The predicted octanol–water partition coefficient (Wildman–Crippen LogP) is 11.0. The average Bonchev–Trinajstić information content (AvgIpc) is 3.43. The number of benzene rings is 1. The highest BCUT2D eigenvalue weighted by Crippen LogP contribution is 2.30. The molecule has 1 heterocycles. The molecule has 0 amide bonds. The fraction of sp³-hybridized carbons (Fsp3) is 0.727. The van der Waals surface area contributed by atoms with Crippen molar-refractivity contribution >= 4 is 12.4 Å². The maximum atomic E-state index is 4.35. The van der Waals surface area contributed by atoms with Crippen LogP contribution in [0.4, 0.5) is 0 Å². The van der Waals surface area contributed by atoms with Crippen LogP contribution in [0.3, 0.4) is 0 Å². The van der Waals surface area contributed by atoms with Crippen molar-refractivity contribution in [3.63, 3.8) is 0 Å². The molecular weight excluding hydrogens is 424 g/mol. The van der Waals surface area contributed by atoms with Gasteiger partial charge in [-0.05, 0) is 36.5 Å². The number of aliphatic imine (C=N–C) groups is 2. The van der Waals surface area contributed by atoms with Crippen LogP contribution in [0.1, 0.15) is 166 Å². The minimum Gasteiger partial charge on any atom is -0.147 e. The summed E-state index contributed by atoms with van der Waals surface area (Å²) in [5, 5.41) is 0. The Labute approximate surface area is 218 Å². The van der Waals surface area contributed by atoms with Gasteiger partial charge in [-0.15, -0.1) is 9.98 Å². The van der Waals surface area contributed by atoms with Crippen LogP contribution in [0.15, 0.2) is 34.3 Å². The molecule has 1 aromatic carbocycles. The molecule has 196 valence electrons. The second-order valence-electron chi connectivity index (χ2n) is 10.8. The Kier molecular flexibility index (Phi) is 17.5. The first-order valence-electron chi connectivity index (χ1n) is 15.4. The number of unbranched alkanes of at least 4 members (excludes halogenated alkanes) is 17. The van der Waals surface area contributed by atoms with Gasteiger partial charge in [0.25, 0.3) is 0 Å². The molecule has 0 N–H and O–H groups in total. The molecule has 0 bridgehead atoms. The van der Waals surface area contributed by atoms with Crippen molar-refractivity contribution in [3.05, 3.63) is 41.6 Å². The number of rotatable bonds is 23. The molecule has 1 unspecified atom stereocenters. The van der Waals surface area contributed by atoms with E-state index in [0.29, 0.717) is 5.92 Å². The van der Waals surface area contributed by atoms with E-state index in [-0.39, 0.29) is 0 Å². The lowest BCUT2D eigenvalue weighted by molar-refractivity contribution is 0.483. The summed E-state index contributed by atoms with van der Waals surface area (Å²) in [4.78, 5) is 8.70. The van der Waals surface area contributed by atoms with Crippen molar-refractivity contribution in [2.75, 3.05) is 0 Å². The SMILES string of the molecule is CCCCCCCCCCCCCCCC(CCCCCCCC)c1ccc([C+]2N=CC=N2)cc1. The van der Waals surface area contributed by atoms with E-state index >= 15 is 0 Å². The van der Waals surface area contributed by atoms with Crippen molar-refractivity contribution in [1.82, 2.24) is 0 Å². The molecule has 0 spiro atoms. The molecule has 0 radical (unpaired) electrons. The summed E-state index contributed by atoms with van der Waals surface area (Å²) >= 11 is 0. The van der Waals surface area contributed by atoms with Gasteiger partial charge < -0.3 is 0 Å². The predicted molar refractivity (Wildman–Crippen MR) is 157 cm³/mol. The highest BCUT2D eigenvalue weighted by atomic mass is 15.0. The summed E-state index contributed by atoms with van der Waals surface area (Å²) in [6.07, 6.45) is 34.0. The first-order valence-corrected chi connectivity index (χ1v) is 15.4. The summed E-state index contributed by atoms with van der Waals surface area (Å²) in [6.45, 7) is 4.60. The summed E-state index contributed by atoms with van der Waals surface area (Å²) in [6, 6.07) is 9.14. The third kappa shape index (κ3) is 13.9.